The molecule has 0 spiro atoms. The van der Waals surface area contributed by atoms with E-state index in [0.717, 1.165) is 34.2 Å². The summed E-state index contributed by atoms with van der Waals surface area (Å²) in [5, 5.41) is 14.2. The molecule has 3 heterocycles. The molecule has 5 rings (SSSR count). The maximum absolute atomic E-state index is 14.9. The number of halogens is 1. The number of aromatic nitrogens is 2. The van der Waals surface area contributed by atoms with Crippen molar-refractivity contribution < 1.29 is 14.3 Å². The number of aliphatic hydroxyl groups excluding tert-OH is 1. The number of urea groups is 1. The summed E-state index contributed by atoms with van der Waals surface area (Å²) in [6.07, 6.45) is 2.02. The molecule has 0 unspecified atom stereocenters. The minimum absolute atomic E-state index is 0.0522. The number of anilines is 1. The minimum atomic E-state index is -0.543. The van der Waals surface area contributed by atoms with Crippen LogP contribution >= 0.6 is 0 Å². The fraction of sp³-hybridized carbons (Fsp3) is 0.333. The van der Waals surface area contributed by atoms with Gasteiger partial charge in [0.15, 0.2) is 0 Å². The van der Waals surface area contributed by atoms with Crippen molar-refractivity contribution in [3.05, 3.63) is 71.7 Å². The molecule has 2 atom stereocenters. The summed E-state index contributed by atoms with van der Waals surface area (Å²) in [5.74, 6) is 0.0541. The van der Waals surface area contributed by atoms with E-state index in [-0.39, 0.29) is 18.5 Å². The zero-order valence-electron chi connectivity index (χ0n) is 21.7. The number of hydrogen-bond acceptors (Lipinski definition) is 3. The van der Waals surface area contributed by atoms with Crippen LogP contribution in [-0.2, 0) is 0 Å². The molecule has 192 valence electrons. The molecule has 2 aromatic heterocycles. The van der Waals surface area contributed by atoms with Gasteiger partial charge in [-0.3, -0.25) is 0 Å². The minimum Gasteiger partial charge on any atom is -0.391 e. The molecular weight excluding hydrogens is 467 g/mol. The van der Waals surface area contributed by atoms with Crippen LogP contribution in [0.5, 0.6) is 0 Å². The highest BCUT2D eigenvalue weighted by atomic mass is 19.1. The van der Waals surface area contributed by atoms with E-state index in [1.165, 1.54) is 17.7 Å². The zero-order chi connectivity index (χ0) is 26.3. The molecule has 0 bridgehead atoms. The second kappa shape index (κ2) is 9.98. The maximum atomic E-state index is 14.9. The third kappa shape index (κ3) is 5.09. The Bertz CT molecular complexity index is 1440. The number of H-pyrrole nitrogens is 1. The lowest BCUT2D eigenvalue weighted by atomic mass is 9.95. The van der Waals surface area contributed by atoms with Crippen LogP contribution in [0.4, 0.5) is 14.9 Å². The number of carbonyl (C=O) groups excluding carboxylic acids is 1. The Balaban J connectivity index is 1.46. The molecule has 4 aromatic rings. The summed E-state index contributed by atoms with van der Waals surface area (Å²) in [6, 6.07) is 14.7. The SMILES string of the molecule is Cc1ccc(-c2cc3c(-c4cc(F)cc(NC(=O)N5C[C@@H](CC(C)C)[C@H](O)C5)c4C)ccnc3[nH]2)cc1. The number of pyridine rings is 1. The molecule has 7 heteroatoms. The van der Waals surface area contributed by atoms with Crippen LogP contribution in [-0.4, -0.2) is 45.2 Å². The lowest BCUT2D eigenvalue weighted by Gasteiger charge is -2.20. The molecule has 1 saturated heterocycles. The van der Waals surface area contributed by atoms with Crippen LogP contribution in [0.25, 0.3) is 33.4 Å². The molecular formula is C30H33FN4O2. The van der Waals surface area contributed by atoms with E-state index in [2.05, 4.69) is 53.4 Å². The molecule has 3 N–H and O–H groups in total. The van der Waals surface area contributed by atoms with Crippen molar-refractivity contribution in [1.29, 1.82) is 0 Å². The molecule has 0 saturated carbocycles. The number of aromatic amines is 1. The van der Waals surface area contributed by atoms with Gasteiger partial charge in [-0.1, -0.05) is 43.7 Å². The van der Waals surface area contributed by atoms with Crippen LogP contribution in [0.3, 0.4) is 0 Å². The van der Waals surface area contributed by atoms with Gasteiger partial charge in [-0.25, -0.2) is 14.2 Å². The summed E-state index contributed by atoms with van der Waals surface area (Å²) >= 11 is 0. The fourth-order valence-electron chi connectivity index (χ4n) is 5.29. The summed E-state index contributed by atoms with van der Waals surface area (Å²) in [4.78, 5) is 22.6. The Morgan fingerprint density at radius 1 is 1.14 bits per heavy atom. The first-order valence-corrected chi connectivity index (χ1v) is 12.8. The average Bonchev–Trinajstić information content (AvgIpc) is 3.45. The van der Waals surface area contributed by atoms with Gasteiger partial charge in [-0.05, 0) is 72.7 Å². The third-order valence-corrected chi connectivity index (χ3v) is 7.27. The molecule has 0 aliphatic carbocycles. The van der Waals surface area contributed by atoms with Gasteiger partial charge in [0.05, 0.1) is 6.10 Å². The quantitative estimate of drug-likeness (QED) is 0.292. The second-order valence-electron chi connectivity index (χ2n) is 10.6. The van der Waals surface area contributed by atoms with Crippen molar-refractivity contribution in [3.8, 4) is 22.4 Å². The van der Waals surface area contributed by atoms with Crippen LogP contribution in [0, 0.1) is 31.5 Å². The van der Waals surface area contributed by atoms with Gasteiger partial charge in [-0.15, -0.1) is 0 Å². The lowest BCUT2D eigenvalue weighted by Crippen LogP contribution is -2.34. The van der Waals surface area contributed by atoms with Crippen molar-refractivity contribution in [3.63, 3.8) is 0 Å². The van der Waals surface area contributed by atoms with Gasteiger partial charge in [0.1, 0.15) is 11.5 Å². The number of rotatable bonds is 5. The van der Waals surface area contributed by atoms with E-state index in [1.54, 1.807) is 11.1 Å². The maximum Gasteiger partial charge on any atom is 0.321 e. The number of aliphatic hydroxyl groups is 1. The molecule has 1 fully saturated rings. The Morgan fingerprint density at radius 2 is 1.89 bits per heavy atom. The number of β-amino-alcohol motifs (C(OH)–C–C–N with tert-alkyl or cyclic N) is 1. The zero-order valence-corrected chi connectivity index (χ0v) is 21.7. The Hall–Kier alpha value is -3.71. The first-order chi connectivity index (χ1) is 17.7. The third-order valence-electron chi connectivity index (χ3n) is 7.27. The van der Waals surface area contributed by atoms with E-state index in [4.69, 9.17) is 0 Å². The standard InChI is InChI=1S/C30H33FN4O2/c1-17(2)11-21-15-35(16-28(21)36)30(37)34-26-13-22(31)12-24(19(26)4)23-9-10-32-29-25(23)14-27(33-29)20-7-5-18(3)6-8-20/h5-10,12-14,17,21,28,36H,11,15-16H2,1-4H3,(H,32,33)(H,34,37)/t21-,28-/m1/s1. The molecule has 6 nitrogen and oxygen atoms in total. The monoisotopic (exact) mass is 500 g/mol. The smallest absolute Gasteiger partial charge is 0.321 e. The van der Waals surface area contributed by atoms with Crippen LogP contribution < -0.4 is 5.32 Å². The first kappa shape index (κ1) is 25.0. The molecule has 37 heavy (non-hydrogen) atoms. The highest BCUT2D eigenvalue weighted by Gasteiger charge is 2.34. The van der Waals surface area contributed by atoms with Crippen molar-refractivity contribution in [2.45, 2.75) is 40.2 Å². The predicted molar refractivity (Wildman–Crippen MR) is 146 cm³/mol. The second-order valence-corrected chi connectivity index (χ2v) is 10.6. The number of hydrogen-bond donors (Lipinski definition) is 3. The summed E-state index contributed by atoms with van der Waals surface area (Å²) < 4.78 is 14.9. The summed E-state index contributed by atoms with van der Waals surface area (Å²) in [6.45, 7) is 8.91. The Labute approximate surface area is 216 Å². The topological polar surface area (TPSA) is 81.2 Å². The molecule has 0 radical (unpaired) electrons. The number of amides is 2. The van der Waals surface area contributed by atoms with E-state index >= 15 is 0 Å². The van der Waals surface area contributed by atoms with Crippen molar-refractivity contribution in [1.82, 2.24) is 14.9 Å². The molecule has 1 aliphatic heterocycles. The van der Waals surface area contributed by atoms with E-state index in [9.17, 15) is 14.3 Å². The number of aryl methyl sites for hydroxylation is 1. The average molecular weight is 501 g/mol. The van der Waals surface area contributed by atoms with Crippen LogP contribution in [0.2, 0.25) is 0 Å². The first-order valence-electron chi connectivity index (χ1n) is 12.8. The Morgan fingerprint density at radius 3 is 2.62 bits per heavy atom. The van der Waals surface area contributed by atoms with Crippen LogP contribution in [0.15, 0.2) is 54.7 Å². The van der Waals surface area contributed by atoms with Gasteiger partial charge in [0, 0.05) is 42.0 Å². The van der Waals surface area contributed by atoms with Gasteiger partial charge >= 0.3 is 6.03 Å². The van der Waals surface area contributed by atoms with E-state index in [1.807, 2.05) is 26.0 Å². The van der Waals surface area contributed by atoms with E-state index < -0.39 is 11.9 Å². The fourth-order valence-corrected chi connectivity index (χ4v) is 5.29. The normalized spacial score (nSPS) is 17.6. The number of benzene rings is 2. The van der Waals surface area contributed by atoms with Gasteiger partial charge in [-0.2, -0.15) is 0 Å². The summed E-state index contributed by atoms with van der Waals surface area (Å²) in [7, 11) is 0. The number of nitrogens with zero attached hydrogens (tertiary/aromatic N) is 2. The van der Waals surface area contributed by atoms with Crippen molar-refractivity contribution >= 4 is 22.8 Å². The highest BCUT2D eigenvalue weighted by Crippen LogP contribution is 2.36. The number of carbonyl (C=O) groups is 1. The Kier molecular flexibility index (Phi) is 6.73. The molecule has 1 aliphatic rings. The predicted octanol–water partition coefficient (Wildman–Crippen LogP) is 6.52. The van der Waals surface area contributed by atoms with Crippen molar-refractivity contribution in [2.24, 2.45) is 11.8 Å². The number of nitrogens with one attached hydrogen (secondary N) is 2. The van der Waals surface area contributed by atoms with Gasteiger partial charge in [0.2, 0.25) is 0 Å². The van der Waals surface area contributed by atoms with Crippen LogP contribution in [0.1, 0.15) is 31.4 Å². The number of likely N-dealkylation sites (tertiary alicyclic amines) is 1. The molecule has 2 aromatic carbocycles. The molecule has 2 amide bonds. The van der Waals surface area contributed by atoms with Crippen molar-refractivity contribution in [2.75, 3.05) is 18.4 Å². The van der Waals surface area contributed by atoms with E-state index in [0.29, 0.717) is 29.4 Å². The number of fused-ring (bicyclic) bond motifs is 1. The van der Waals surface area contributed by atoms with Gasteiger partial charge in [0.25, 0.3) is 0 Å². The lowest BCUT2D eigenvalue weighted by molar-refractivity contribution is 0.132. The largest absolute Gasteiger partial charge is 0.391 e. The summed E-state index contributed by atoms with van der Waals surface area (Å²) in [5.41, 5.74) is 6.58. The van der Waals surface area contributed by atoms with Gasteiger partial charge < -0.3 is 20.3 Å². The highest BCUT2D eigenvalue weighted by molar-refractivity contribution is 5.99.